The lowest BCUT2D eigenvalue weighted by Gasteiger charge is -2.38. The first-order valence-corrected chi connectivity index (χ1v) is 6.58. The van der Waals surface area contributed by atoms with Crippen LogP contribution in [-0.2, 0) is 4.74 Å². The van der Waals surface area contributed by atoms with E-state index in [0.717, 1.165) is 25.5 Å². The molecule has 1 N–H and O–H groups in total. The number of morpholine rings is 1. The van der Waals surface area contributed by atoms with Gasteiger partial charge in [-0.2, -0.15) is 0 Å². The first-order chi connectivity index (χ1) is 7.22. The van der Waals surface area contributed by atoms with Crippen molar-refractivity contribution in [2.24, 2.45) is 5.92 Å². The molecule has 15 heavy (non-hydrogen) atoms. The largest absolute Gasteiger partial charge is 0.375 e. The molecule has 0 spiro atoms. The molecule has 1 heterocycles. The fourth-order valence-corrected chi connectivity index (χ4v) is 2.77. The summed E-state index contributed by atoms with van der Waals surface area (Å²) in [5.74, 6) is 0.947. The SMILES string of the molecule is CCC1(C)COC(CC2CCCC2)CN1. The molecule has 1 saturated carbocycles. The smallest absolute Gasteiger partial charge is 0.0703 e. The molecule has 0 bridgehead atoms. The minimum atomic E-state index is 0.228. The van der Waals surface area contributed by atoms with Crippen LogP contribution in [0.15, 0.2) is 0 Å². The Labute approximate surface area is 93.8 Å². The topological polar surface area (TPSA) is 21.3 Å². The molecule has 1 aliphatic heterocycles. The van der Waals surface area contributed by atoms with Crippen molar-refractivity contribution in [2.45, 2.75) is 64.0 Å². The van der Waals surface area contributed by atoms with E-state index in [-0.39, 0.29) is 5.54 Å². The summed E-state index contributed by atoms with van der Waals surface area (Å²) in [5.41, 5.74) is 0.228. The van der Waals surface area contributed by atoms with Gasteiger partial charge in [0.05, 0.1) is 12.7 Å². The zero-order valence-corrected chi connectivity index (χ0v) is 10.2. The van der Waals surface area contributed by atoms with E-state index < -0.39 is 0 Å². The number of nitrogens with one attached hydrogen (secondary N) is 1. The maximum atomic E-state index is 5.98. The Morgan fingerprint density at radius 3 is 2.60 bits per heavy atom. The van der Waals surface area contributed by atoms with Crippen molar-refractivity contribution in [3.63, 3.8) is 0 Å². The lowest BCUT2D eigenvalue weighted by Crippen LogP contribution is -2.55. The van der Waals surface area contributed by atoms with Gasteiger partial charge in [0.25, 0.3) is 0 Å². The molecule has 2 nitrogen and oxygen atoms in total. The van der Waals surface area contributed by atoms with Crippen molar-refractivity contribution >= 4 is 0 Å². The van der Waals surface area contributed by atoms with Crippen LogP contribution < -0.4 is 5.32 Å². The molecule has 2 rings (SSSR count). The molecule has 0 aromatic heterocycles. The molecule has 2 fully saturated rings. The van der Waals surface area contributed by atoms with E-state index in [1.54, 1.807) is 0 Å². The van der Waals surface area contributed by atoms with Gasteiger partial charge in [0.15, 0.2) is 0 Å². The van der Waals surface area contributed by atoms with Crippen molar-refractivity contribution in [3.05, 3.63) is 0 Å². The molecular weight excluding hydrogens is 186 g/mol. The van der Waals surface area contributed by atoms with Crippen LogP contribution >= 0.6 is 0 Å². The third kappa shape index (κ3) is 2.94. The highest BCUT2D eigenvalue weighted by Gasteiger charge is 2.31. The highest BCUT2D eigenvalue weighted by molar-refractivity contribution is 4.88. The normalized spacial score (nSPS) is 38.4. The van der Waals surface area contributed by atoms with Crippen LogP contribution in [-0.4, -0.2) is 24.8 Å². The Kier molecular flexibility index (Phi) is 3.68. The van der Waals surface area contributed by atoms with Gasteiger partial charge in [-0.3, -0.25) is 0 Å². The average Bonchev–Trinajstić information content (AvgIpc) is 2.75. The molecule has 0 aromatic carbocycles. The molecule has 0 aromatic rings. The first kappa shape index (κ1) is 11.4. The number of rotatable bonds is 3. The highest BCUT2D eigenvalue weighted by atomic mass is 16.5. The van der Waals surface area contributed by atoms with Crippen LogP contribution in [0.3, 0.4) is 0 Å². The van der Waals surface area contributed by atoms with Gasteiger partial charge >= 0.3 is 0 Å². The molecule has 2 unspecified atom stereocenters. The van der Waals surface area contributed by atoms with Crippen LogP contribution in [0.5, 0.6) is 0 Å². The van der Waals surface area contributed by atoms with Gasteiger partial charge in [-0.15, -0.1) is 0 Å². The summed E-state index contributed by atoms with van der Waals surface area (Å²) < 4.78 is 5.98. The molecule has 0 amide bonds. The number of hydrogen-bond donors (Lipinski definition) is 1. The van der Waals surface area contributed by atoms with E-state index in [4.69, 9.17) is 4.74 Å². The maximum Gasteiger partial charge on any atom is 0.0703 e. The molecular formula is C13H25NO. The molecule has 2 heteroatoms. The third-order valence-corrected chi connectivity index (χ3v) is 4.25. The van der Waals surface area contributed by atoms with E-state index in [0.29, 0.717) is 6.10 Å². The zero-order chi connectivity index (χ0) is 10.7. The van der Waals surface area contributed by atoms with Crippen molar-refractivity contribution in [1.29, 1.82) is 0 Å². The van der Waals surface area contributed by atoms with E-state index >= 15 is 0 Å². The van der Waals surface area contributed by atoms with E-state index in [1.165, 1.54) is 32.1 Å². The Bertz CT molecular complexity index is 191. The van der Waals surface area contributed by atoms with Gasteiger partial charge in [0.1, 0.15) is 0 Å². The van der Waals surface area contributed by atoms with Gasteiger partial charge in [-0.25, -0.2) is 0 Å². The summed E-state index contributed by atoms with van der Waals surface area (Å²) in [7, 11) is 0. The Balaban J connectivity index is 1.73. The monoisotopic (exact) mass is 211 g/mol. The Morgan fingerprint density at radius 1 is 1.33 bits per heavy atom. The lowest BCUT2D eigenvalue weighted by molar-refractivity contribution is -0.0383. The van der Waals surface area contributed by atoms with Crippen LogP contribution in [0.1, 0.15) is 52.4 Å². The van der Waals surface area contributed by atoms with Gasteiger partial charge in [-0.05, 0) is 25.7 Å². The fraction of sp³-hybridized carbons (Fsp3) is 1.00. The summed E-state index contributed by atoms with van der Waals surface area (Å²) in [5, 5.41) is 3.64. The first-order valence-electron chi connectivity index (χ1n) is 6.58. The van der Waals surface area contributed by atoms with Crippen molar-refractivity contribution < 1.29 is 4.74 Å². The van der Waals surface area contributed by atoms with Crippen molar-refractivity contribution in [2.75, 3.05) is 13.2 Å². The van der Waals surface area contributed by atoms with Gasteiger partial charge in [0.2, 0.25) is 0 Å². The Morgan fingerprint density at radius 2 is 2.07 bits per heavy atom. The molecule has 2 aliphatic rings. The van der Waals surface area contributed by atoms with Crippen LogP contribution in [0, 0.1) is 5.92 Å². The molecule has 0 radical (unpaired) electrons. The average molecular weight is 211 g/mol. The molecule has 88 valence electrons. The summed E-state index contributed by atoms with van der Waals surface area (Å²) in [6.07, 6.45) is 8.67. The quantitative estimate of drug-likeness (QED) is 0.775. The van der Waals surface area contributed by atoms with E-state index in [1.807, 2.05) is 0 Å². The zero-order valence-electron chi connectivity index (χ0n) is 10.2. The summed E-state index contributed by atoms with van der Waals surface area (Å²) >= 11 is 0. The van der Waals surface area contributed by atoms with Crippen LogP contribution in [0.25, 0.3) is 0 Å². The predicted octanol–water partition coefficient (Wildman–Crippen LogP) is 2.72. The van der Waals surface area contributed by atoms with Crippen LogP contribution in [0.2, 0.25) is 0 Å². The molecule has 2 atom stereocenters. The molecule has 1 saturated heterocycles. The van der Waals surface area contributed by atoms with Crippen molar-refractivity contribution in [3.8, 4) is 0 Å². The molecule has 1 aliphatic carbocycles. The predicted molar refractivity (Wildman–Crippen MR) is 63.0 cm³/mol. The van der Waals surface area contributed by atoms with Crippen LogP contribution in [0.4, 0.5) is 0 Å². The third-order valence-electron chi connectivity index (χ3n) is 4.25. The van der Waals surface area contributed by atoms with Gasteiger partial charge in [0, 0.05) is 12.1 Å². The van der Waals surface area contributed by atoms with Crippen molar-refractivity contribution in [1.82, 2.24) is 5.32 Å². The minimum Gasteiger partial charge on any atom is -0.375 e. The minimum absolute atomic E-state index is 0.228. The van der Waals surface area contributed by atoms with Gasteiger partial charge < -0.3 is 10.1 Å². The second kappa shape index (κ2) is 4.84. The lowest BCUT2D eigenvalue weighted by atomic mass is 9.94. The Hall–Kier alpha value is -0.0800. The number of hydrogen-bond acceptors (Lipinski definition) is 2. The van der Waals surface area contributed by atoms with E-state index in [9.17, 15) is 0 Å². The second-order valence-electron chi connectivity index (χ2n) is 5.61. The summed E-state index contributed by atoms with van der Waals surface area (Å²) in [6.45, 7) is 6.44. The summed E-state index contributed by atoms with van der Waals surface area (Å²) in [6, 6.07) is 0. The summed E-state index contributed by atoms with van der Waals surface area (Å²) in [4.78, 5) is 0. The second-order valence-corrected chi connectivity index (χ2v) is 5.61. The van der Waals surface area contributed by atoms with E-state index in [2.05, 4.69) is 19.2 Å². The number of ether oxygens (including phenoxy) is 1. The standard InChI is InChI=1S/C13H25NO/c1-3-13(2)10-15-12(9-14-13)8-11-6-4-5-7-11/h11-12,14H,3-10H2,1-2H3. The van der Waals surface area contributed by atoms with Gasteiger partial charge in [-0.1, -0.05) is 32.6 Å². The fourth-order valence-electron chi connectivity index (χ4n) is 2.77. The highest BCUT2D eigenvalue weighted by Crippen LogP contribution is 2.30. The maximum absolute atomic E-state index is 5.98.